The summed E-state index contributed by atoms with van der Waals surface area (Å²) in [5.41, 5.74) is -2.27. The Hall–Kier alpha value is 2.56. The molecule has 0 amide bonds. The summed E-state index contributed by atoms with van der Waals surface area (Å²) in [6.07, 6.45) is 0. The Bertz CT molecular complexity index is 172. The van der Waals surface area contributed by atoms with Gasteiger partial charge in [0.25, 0.3) is 0 Å². The van der Waals surface area contributed by atoms with E-state index in [1.807, 2.05) is 0 Å². The molecule has 0 bridgehead atoms. The Balaban J connectivity index is 0. The molecule has 0 heterocycles. The van der Waals surface area contributed by atoms with Crippen molar-refractivity contribution in [3.63, 3.8) is 0 Å². The molecule has 0 aliphatic heterocycles. The van der Waals surface area contributed by atoms with Gasteiger partial charge in [0.05, 0.1) is 13.2 Å². The quantitative estimate of drug-likeness (QED) is 0.458. The monoisotopic (exact) mass is 281 g/mol. The molecule has 14 heavy (non-hydrogen) atoms. The third-order valence-corrected chi connectivity index (χ3v) is 3.42. The molecular weight excluding hydrogens is 262 g/mol. The van der Waals surface area contributed by atoms with Gasteiger partial charge in [0.15, 0.2) is 0 Å². The molecule has 0 aliphatic carbocycles. The molecule has 0 aromatic heterocycles. The van der Waals surface area contributed by atoms with Crippen LogP contribution in [0.1, 0.15) is 27.7 Å². The number of hydrogen-bond acceptors (Lipinski definition) is 3. The van der Waals surface area contributed by atoms with E-state index in [0.717, 1.165) is 0 Å². The fourth-order valence-electron chi connectivity index (χ4n) is 0.524. The molecule has 0 unspecified atom stereocenters. The van der Waals surface area contributed by atoms with E-state index in [-0.39, 0.29) is 51.4 Å². The largest absolute Gasteiger partial charge is 0.322 e. The Labute approximate surface area is 141 Å². The summed E-state index contributed by atoms with van der Waals surface area (Å²) in [6, 6.07) is 0. The fraction of sp³-hybridized carbons (Fsp3) is 1.00. The van der Waals surface area contributed by atoms with E-state index >= 15 is 0 Å². The molecule has 2 nitrogen and oxygen atoms in total. The van der Waals surface area contributed by atoms with Crippen LogP contribution in [-0.2, 0) is 20.9 Å². The second-order valence-corrected chi connectivity index (χ2v) is 9.14. The molecule has 0 saturated carbocycles. The molecule has 0 aromatic carbocycles. The Morgan fingerprint density at radius 2 is 1.36 bits per heavy atom. The van der Waals surface area contributed by atoms with Gasteiger partial charge in [0.2, 0.25) is 5.69 Å². The van der Waals surface area contributed by atoms with Crippen LogP contribution >= 0.6 is 17.9 Å². The van der Waals surface area contributed by atoms with E-state index in [2.05, 4.69) is 39.9 Å². The van der Waals surface area contributed by atoms with Gasteiger partial charge < -0.3 is 9.05 Å². The van der Waals surface area contributed by atoms with E-state index in [4.69, 9.17) is 20.9 Å². The van der Waals surface area contributed by atoms with Crippen molar-refractivity contribution in [1.29, 1.82) is 0 Å². The van der Waals surface area contributed by atoms with Gasteiger partial charge in [-0.05, 0) is 23.6 Å². The maximum atomic E-state index is 5.41. The molecule has 0 N–H and O–H groups in total. The summed E-state index contributed by atoms with van der Waals surface area (Å²) in [7, 11) is 0. The first kappa shape index (κ1) is 18.9. The van der Waals surface area contributed by atoms with Crippen molar-refractivity contribution < 1.29 is 9.05 Å². The maximum absolute atomic E-state index is 5.41. The van der Waals surface area contributed by atoms with Gasteiger partial charge in [-0.2, -0.15) is 0 Å². The molecule has 0 spiro atoms. The molecule has 0 atom stereocenters. The van der Waals surface area contributed by atoms with Crippen LogP contribution in [0.5, 0.6) is 0 Å². The van der Waals surface area contributed by atoms with Gasteiger partial charge in [0, 0.05) is 51.4 Å². The SMILES string of the molecule is CC(C)COP(=S)(S)OCC(C)C.[K]. The third kappa shape index (κ3) is 12.6. The van der Waals surface area contributed by atoms with Crippen LogP contribution in [0.15, 0.2) is 0 Å². The van der Waals surface area contributed by atoms with Crippen LogP contribution in [0.25, 0.3) is 0 Å². The summed E-state index contributed by atoms with van der Waals surface area (Å²) in [6.45, 7) is 9.55. The van der Waals surface area contributed by atoms with E-state index in [0.29, 0.717) is 25.0 Å². The van der Waals surface area contributed by atoms with Crippen molar-refractivity contribution in [1.82, 2.24) is 0 Å². The normalized spacial score (nSPS) is 11.9. The van der Waals surface area contributed by atoms with Crippen molar-refractivity contribution in [3.8, 4) is 0 Å². The summed E-state index contributed by atoms with van der Waals surface area (Å²) in [4.78, 5) is 0. The molecule has 81 valence electrons. The van der Waals surface area contributed by atoms with Gasteiger partial charge in [0.1, 0.15) is 0 Å². The summed E-state index contributed by atoms with van der Waals surface area (Å²) < 4.78 is 10.8. The zero-order valence-electron chi connectivity index (χ0n) is 9.69. The van der Waals surface area contributed by atoms with Crippen LogP contribution in [0.3, 0.4) is 0 Å². The van der Waals surface area contributed by atoms with E-state index in [1.165, 1.54) is 0 Å². The van der Waals surface area contributed by atoms with Crippen LogP contribution in [0.2, 0.25) is 0 Å². The Kier molecular flexibility index (Phi) is 12.9. The van der Waals surface area contributed by atoms with Crippen molar-refractivity contribution in [2.24, 2.45) is 11.8 Å². The first-order chi connectivity index (χ1) is 5.83. The smallest absolute Gasteiger partial charge is 0.244 e. The minimum absolute atomic E-state index is 0. The van der Waals surface area contributed by atoms with Crippen LogP contribution in [-0.4, -0.2) is 64.6 Å². The Morgan fingerprint density at radius 1 is 1.07 bits per heavy atom. The molecule has 0 rings (SSSR count). The van der Waals surface area contributed by atoms with Crippen LogP contribution < -0.4 is 0 Å². The minimum atomic E-state index is -2.27. The van der Waals surface area contributed by atoms with E-state index in [9.17, 15) is 0 Å². The maximum Gasteiger partial charge on any atom is 0.244 e. The van der Waals surface area contributed by atoms with Crippen molar-refractivity contribution in [3.05, 3.63) is 0 Å². The molecular formula is C8H19KO2PS2. The van der Waals surface area contributed by atoms with Gasteiger partial charge in [-0.15, -0.1) is 0 Å². The Morgan fingerprint density at radius 3 is 1.57 bits per heavy atom. The summed E-state index contributed by atoms with van der Waals surface area (Å²) in [5.74, 6) is 0.939. The number of thiol groups is 1. The van der Waals surface area contributed by atoms with Crippen LogP contribution in [0.4, 0.5) is 0 Å². The topological polar surface area (TPSA) is 18.5 Å². The summed E-state index contributed by atoms with van der Waals surface area (Å²) in [5, 5.41) is 0. The predicted molar refractivity (Wildman–Crippen MR) is 70.6 cm³/mol. The first-order valence-corrected chi connectivity index (χ1v) is 8.24. The number of hydrogen-bond donors (Lipinski definition) is 1. The third-order valence-electron chi connectivity index (χ3n) is 1.14. The average Bonchev–Trinajstić information content (AvgIpc) is 1.98. The second-order valence-electron chi connectivity index (χ2n) is 3.85. The average molecular weight is 281 g/mol. The van der Waals surface area contributed by atoms with Crippen LogP contribution in [0, 0.1) is 11.8 Å². The minimum Gasteiger partial charge on any atom is -0.322 e. The zero-order chi connectivity index (χ0) is 10.5. The second kappa shape index (κ2) is 9.57. The predicted octanol–water partition coefficient (Wildman–Crippen LogP) is 3.11. The standard InChI is InChI=1S/C8H19O2PS2.K/c1-7(2)5-9-11(12,13)10-6-8(3)4;/h7-8H,5-6H2,1-4H3,(H,12,13);. The first-order valence-electron chi connectivity index (χ1n) is 4.45. The molecule has 0 aliphatic rings. The van der Waals surface area contributed by atoms with E-state index in [1.54, 1.807) is 0 Å². The fourth-order valence-corrected chi connectivity index (χ4v) is 2.34. The summed E-state index contributed by atoms with van der Waals surface area (Å²) >= 11 is 9.33. The zero-order valence-corrected chi connectivity index (χ0v) is 15.4. The van der Waals surface area contributed by atoms with Crippen molar-refractivity contribution >= 4 is 81.1 Å². The molecule has 6 heteroatoms. The van der Waals surface area contributed by atoms with Gasteiger partial charge in [-0.25, -0.2) is 0 Å². The molecule has 0 fully saturated rings. The molecule has 1 radical (unpaired) electrons. The van der Waals surface area contributed by atoms with Crippen molar-refractivity contribution in [2.75, 3.05) is 13.2 Å². The van der Waals surface area contributed by atoms with Gasteiger partial charge in [-0.1, -0.05) is 39.9 Å². The van der Waals surface area contributed by atoms with Gasteiger partial charge in [-0.3, -0.25) is 0 Å². The molecule has 0 aromatic rings. The van der Waals surface area contributed by atoms with Gasteiger partial charge >= 0.3 is 0 Å². The molecule has 0 saturated heterocycles. The van der Waals surface area contributed by atoms with E-state index < -0.39 is 5.69 Å². The number of rotatable bonds is 6. The van der Waals surface area contributed by atoms with Crippen molar-refractivity contribution in [2.45, 2.75) is 27.7 Å².